The summed E-state index contributed by atoms with van der Waals surface area (Å²) in [5, 5.41) is 1.17. The van der Waals surface area contributed by atoms with E-state index in [-0.39, 0.29) is 34.2 Å². The molecule has 0 aliphatic rings. The number of benzene rings is 4. The van der Waals surface area contributed by atoms with E-state index in [0.29, 0.717) is 10.0 Å². The summed E-state index contributed by atoms with van der Waals surface area (Å²) in [6, 6.07) is 25.6. The zero-order valence-electron chi connectivity index (χ0n) is 20.2. The van der Waals surface area contributed by atoms with Crippen LogP contribution in [0.1, 0.15) is 31.8 Å². The van der Waals surface area contributed by atoms with Gasteiger partial charge in [0.15, 0.2) is 11.6 Å². The molecule has 0 amide bonds. The standard InChI is InChI=1S/C30H21Cl2O6P/c31-25-13-7-21(8-14-25)11-17-29(33)23-3-1-5-27(19-23)37-39(35,36)38-28-6-2-4-24(20-28)30(34)18-12-22-9-15-26(32)16-10-22/h1-20H,(H,35,36). The van der Waals surface area contributed by atoms with Gasteiger partial charge >= 0.3 is 7.82 Å². The Kier molecular flexibility index (Phi) is 9.18. The van der Waals surface area contributed by atoms with Crippen molar-refractivity contribution in [3.05, 3.63) is 142 Å². The number of halogens is 2. The van der Waals surface area contributed by atoms with Crippen LogP contribution in [0.25, 0.3) is 12.2 Å². The molecule has 0 aromatic heterocycles. The van der Waals surface area contributed by atoms with Crippen molar-refractivity contribution in [2.45, 2.75) is 0 Å². The maximum Gasteiger partial charge on any atom is 0.584 e. The molecule has 0 aliphatic heterocycles. The van der Waals surface area contributed by atoms with Crippen LogP contribution < -0.4 is 9.05 Å². The summed E-state index contributed by atoms with van der Waals surface area (Å²) in [6.07, 6.45) is 6.01. The van der Waals surface area contributed by atoms with Gasteiger partial charge in [-0.15, -0.1) is 0 Å². The lowest BCUT2D eigenvalue weighted by atomic mass is 10.1. The third-order valence-electron chi connectivity index (χ3n) is 5.27. The minimum Gasteiger partial charge on any atom is -0.395 e. The van der Waals surface area contributed by atoms with Gasteiger partial charge in [0.2, 0.25) is 0 Å². The quantitative estimate of drug-likeness (QED) is 0.115. The third-order valence-corrected chi connectivity index (χ3v) is 6.66. The summed E-state index contributed by atoms with van der Waals surface area (Å²) in [4.78, 5) is 35.5. The summed E-state index contributed by atoms with van der Waals surface area (Å²) in [5.74, 6) is -0.738. The Hall–Kier alpha value is -3.93. The molecule has 0 unspecified atom stereocenters. The van der Waals surface area contributed by atoms with E-state index in [0.717, 1.165) is 11.1 Å². The Balaban J connectivity index is 1.41. The van der Waals surface area contributed by atoms with Crippen LogP contribution in [0.5, 0.6) is 11.5 Å². The number of phosphoric acid groups is 1. The predicted molar refractivity (Wildman–Crippen MR) is 154 cm³/mol. The zero-order valence-corrected chi connectivity index (χ0v) is 22.6. The molecular weight excluding hydrogens is 558 g/mol. The Bertz CT molecular complexity index is 1480. The van der Waals surface area contributed by atoms with Gasteiger partial charge in [0.1, 0.15) is 11.5 Å². The van der Waals surface area contributed by atoms with Crippen LogP contribution in [0, 0.1) is 0 Å². The number of allylic oxidation sites excluding steroid dienone is 2. The molecule has 0 fully saturated rings. The molecule has 0 heterocycles. The van der Waals surface area contributed by atoms with E-state index in [9.17, 15) is 19.0 Å². The predicted octanol–water partition coefficient (Wildman–Crippen LogP) is 8.34. The average molecular weight is 579 g/mol. The summed E-state index contributed by atoms with van der Waals surface area (Å²) in [5.41, 5.74) is 2.07. The van der Waals surface area contributed by atoms with Gasteiger partial charge in [-0.05, 0) is 71.8 Å². The van der Waals surface area contributed by atoms with Gasteiger partial charge in [0, 0.05) is 21.2 Å². The molecule has 196 valence electrons. The van der Waals surface area contributed by atoms with E-state index in [1.807, 2.05) is 0 Å². The van der Waals surface area contributed by atoms with Crippen molar-refractivity contribution >= 4 is 54.7 Å². The topological polar surface area (TPSA) is 89.9 Å². The first-order chi connectivity index (χ1) is 18.7. The summed E-state index contributed by atoms with van der Waals surface area (Å²) >= 11 is 11.7. The van der Waals surface area contributed by atoms with Crippen molar-refractivity contribution in [2.24, 2.45) is 0 Å². The lowest BCUT2D eigenvalue weighted by Gasteiger charge is -2.14. The van der Waals surface area contributed by atoms with Crippen LogP contribution in [0.15, 0.2) is 109 Å². The van der Waals surface area contributed by atoms with Crippen LogP contribution in [-0.4, -0.2) is 16.5 Å². The molecule has 4 rings (SSSR count). The normalized spacial score (nSPS) is 12.8. The monoisotopic (exact) mass is 578 g/mol. The average Bonchev–Trinajstić information content (AvgIpc) is 2.92. The molecule has 0 saturated heterocycles. The van der Waals surface area contributed by atoms with Crippen LogP contribution in [0.3, 0.4) is 0 Å². The Morgan fingerprint density at radius 3 is 1.41 bits per heavy atom. The molecule has 9 heteroatoms. The number of carbonyl (C=O) groups is 2. The van der Waals surface area contributed by atoms with Gasteiger partial charge in [0.25, 0.3) is 0 Å². The first-order valence-corrected chi connectivity index (χ1v) is 13.8. The van der Waals surface area contributed by atoms with E-state index < -0.39 is 7.82 Å². The van der Waals surface area contributed by atoms with Gasteiger partial charge < -0.3 is 9.05 Å². The summed E-state index contributed by atoms with van der Waals surface area (Å²) < 4.78 is 23.0. The maximum atomic E-state index is 12.7. The number of ketones is 2. The number of hydrogen-bond acceptors (Lipinski definition) is 5. The highest BCUT2D eigenvalue weighted by molar-refractivity contribution is 7.48. The van der Waals surface area contributed by atoms with Gasteiger partial charge in [-0.2, -0.15) is 0 Å². The lowest BCUT2D eigenvalue weighted by Crippen LogP contribution is -2.02. The SMILES string of the molecule is O=C(C=Cc1ccc(Cl)cc1)c1cccc(OP(=O)(O)Oc2cccc(C(=O)C=Cc3ccc(Cl)cc3)c2)c1. The van der Waals surface area contributed by atoms with Gasteiger partial charge in [-0.1, -0.05) is 83.9 Å². The molecule has 0 spiro atoms. The molecule has 0 aliphatic carbocycles. The van der Waals surface area contributed by atoms with Crippen LogP contribution in [-0.2, 0) is 4.57 Å². The summed E-state index contributed by atoms with van der Waals surface area (Å²) in [7, 11) is -4.66. The van der Waals surface area contributed by atoms with Crippen molar-refractivity contribution in [1.29, 1.82) is 0 Å². The highest BCUT2D eigenvalue weighted by atomic mass is 35.5. The van der Waals surface area contributed by atoms with Crippen molar-refractivity contribution < 1.29 is 28.1 Å². The van der Waals surface area contributed by atoms with E-state index >= 15 is 0 Å². The fourth-order valence-electron chi connectivity index (χ4n) is 3.38. The van der Waals surface area contributed by atoms with Crippen LogP contribution in [0.2, 0.25) is 10.0 Å². The molecule has 1 N–H and O–H groups in total. The molecule has 4 aromatic rings. The summed E-state index contributed by atoms with van der Waals surface area (Å²) in [6.45, 7) is 0. The second-order valence-electron chi connectivity index (χ2n) is 8.21. The van der Waals surface area contributed by atoms with Crippen LogP contribution >= 0.6 is 31.0 Å². The minimum atomic E-state index is -4.66. The molecule has 0 bridgehead atoms. The van der Waals surface area contributed by atoms with E-state index in [1.165, 1.54) is 48.6 Å². The van der Waals surface area contributed by atoms with E-state index in [4.69, 9.17) is 32.2 Å². The van der Waals surface area contributed by atoms with Gasteiger partial charge in [-0.25, -0.2) is 4.57 Å². The van der Waals surface area contributed by atoms with E-state index in [2.05, 4.69) is 0 Å². The first-order valence-electron chi connectivity index (χ1n) is 11.5. The number of rotatable bonds is 10. The van der Waals surface area contributed by atoms with Crippen molar-refractivity contribution in [2.75, 3.05) is 0 Å². The molecule has 0 saturated carbocycles. The Morgan fingerprint density at radius 1 is 0.641 bits per heavy atom. The van der Waals surface area contributed by atoms with Crippen molar-refractivity contribution in [1.82, 2.24) is 0 Å². The second kappa shape index (κ2) is 12.7. The first kappa shape index (κ1) is 28.1. The number of hydrogen-bond donors (Lipinski definition) is 1. The van der Waals surface area contributed by atoms with Gasteiger partial charge in [0.05, 0.1) is 0 Å². The fraction of sp³-hybridized carbons (Fsp3) is 0. The highest BCUT2D eigenvalue weighted by Gasteiger charge is 2.26. The lowest BCUT2D eigenvalue weighted by molar-refractivity contribution is 0.103. The Labute approximate surface area is 235 Å². The number of phosphoric ester groups is 1. The Morgan fingerprint density at radius 2 is 1.03 bits per heavy atom. The maximum absolute atomic E-state index is 12.7. The fourth-order valence-corrected chi connectivity index (χ4v) is 4.43. The highest BCUT2D eigenvalue weighted by Crippen LogP contribution is 2.44. The van der Waals surface area contributed by atoms with Crippen LogP contribution in [0.4, 0.5) is 0 Å². The van der Waals surface area contributed by atoms with Crippen molar-refractivity contribution in [3.8, 4) is 11.5 Å². The van der Waals surface area contributed by atoms with Crippen molar-refractivity contribution in [3.63, 3.8) is 0 Å². The molecular formula is C30H21Cl2O6P. The van der Waals surface area contributed by atoms with E-state index in [1.54, 1.807) is 72.8 Å². The molecule has 39 heavy (non-hydrogen) atoms. The molecule has 4 aromatic carbocycles. The largest absolute Gasteiger partial charge is 0.584 e. The number of carbonyl (C=O) groups excluding carboxylic acids is 2. The molecule has 6 nitrogen and oxygen atoms in total. The zero-order chi connectivity index (χ0) is 27.8. The molecule has 0 radical (unpaired) electrons. The molecule has 0 atom stereocenters. The van der Waals surface area contributed by atoms with Gasteiger partial charge in [-0.3, -0.25) is 14.5 Å². The third kappa shape index (κ3) is 8.54. The smallest absolute Gasteiger partial charge is 0.395 e. The minimum absolute atomic E-state index is 0.0373. The second-order valence-corrected chi connectivity index (χ2v) is 10.4.